The zero-order valence-electron chi connectivity index (χ0n) is 12.2. The summed E-state index contributed by atoms with van der Waals surface area (Å²) < 4.78 is 5.12. The Bertz CT molecular complexity index is 428. The summed E-state index contributed by atoms with van der Waals surface area (Å²) in [5, 5.41) is 2.97. The molecule has 4 nitrogen and oxygen atoms in total. The van der Waals surface area contributed by atoms with Crippen molar-refractivity contribution < 1.29 is 9.53 Å². The highest BCUT2D eigenvalue weighted by atomic mass is 16.5. The van der Waals surface area contributed by atoms with Gasteiger partial charge in [0.05, 0.1) is 7.11 Å². The molecule has 1 fully saturated rings. The van der Waals surface area contributed by atoms with Crippen LogP contribution in [0.1, 0.15) is 36.0 Å². The minimum atomic E-state index is -0.0254. The number of nitrogens with one attached hydrogen (secondary N) is 1. The molecule has 1 N–H and O–H groups in total. The van der Waals surface area contributed by atoms with Crippen LogP contribution in [0.4, 0.5) is 0 Å². The molecule has 1 saturated heterocycles. The Morgan fingerprint density at radius 1 is 1.30 bits per heavy atom. The van der Waals surface area contributed by atoms with Crippen LogP contribution in [-0.4, -0.2) is 44.1 Å². The monoisotopic (exact) mass is 276 g/mol. The standard InChI is InChI=1S/C16H24N2O2/c1-20-15-8-5-7-14(13-15)16(19)17-9-6-12-18-10-3-2-4-11-18/h5,7-8,13H,2-4,6,9-12H2,1H3,(H,17,19). The lowest BCUT2D eigenvalue weighted by Crippen LogP contribution is -2.33. The van der Waals surface area contributed by atoms with Crippen LogP contribution in [0.25, 0.3) is 0 Å². The first-order valence-corrected chi connectivity index (χ1v) is 7.44. The number of piperidine rings is 1. The second-order valence-corrected chi connectivity index (χ2v) is 5.24. The van der Waals surface area contributed by atoms with Gasteiger partial charge in [-0.25, -0.2) is 0 Å². The first kappa shape index (κ1) is 14.9. The Hall–Kier alpha value is -1.55. The number of benzene rings is 1. The number of carbonyl (C=O) groups excluding carboxylic acids is 1. The van der Waals surface area contributed by atoms with Gasteiger partial charge < -0.3 is 15.0 Å². The van der Waals surface area contributed by atoms with E-state index in [0.29, 0.717) is 11.3 Å². The fourth-order valence-electron chi connectivity index (χ4n) is 2.55. The van der Waals surface area contributed by atoms with Crippen molar-refractivity contribution in [3.8, 4) is 5.75 Å². The highest BCUT2D eigenvalue weighted by Crippen LogP contribution is 2.12. The molecule has 0 saturated carbocycles. The van der Waals surface area contributed by atoms with Crippen molar-refractivity contribution in [3.05, 3.63) is 29.8 Å². The first-order chi connectivity index (χ1) is 9.79. The van der Waals surface area contributed by atoms with E-state index in [-0.39, 0.29) is 5.91 Å². The fourth-order valence-corrected chi connectivity index (χ4v) is 2.55. The van der Waals surface area contributed by atoms with Gasteiger partial charge in [0.15, 0.2) is 0 Å². The maximum Gasteiger partial charge on any atom is 0.251 e. The second-order valence-electron chi connectivity index (χ2n) is 5.24. The van der Waals surface area contributed by atoms with E-state index in [0.717, 1.165) is 19.5 Å². The molecule has 2 rings (SSSR count). The largest absolute Gasteiger partial charge is 0.497 e. The molecule has 20 heavy (non-hydrogen) atoms. The Balaban J connectivity index is 1.69. The number of nitrogens with zero attached hydrogens (tertiary/aromatic N) is 1. The summed E-state index contributed by atoms with van der Waals surface area (Å²) in [6.45, 7) is 4.23. The van der Waals surface area contributed by atoms with E-state index < -0.39 is 0 Å². The summed E-state index contributed by atoms with van der Waals surface area (Å²) in [4.78, 5) is 14.5. The highest BCUT2D eigenvalue weighted by molar-refractivity contribution is 5.94. The third kappa shape index (κ3) is 4.53. The van der Waals surface area contributed by atoms with Crippen molar-refractivity contribution in [2.45, 2.75) is 25.7 Å². The Kier molecular flexibility index (Phi) is 5.87. The van der Waals surface area contributed by atoms with Gasteiger partial charge >= 0.3 is 0 Å². The summed E-state index contributed by atoms with van der Waals surface area (Å²) in [5.41, 5.74) is 0.655. The van der Waals surface area contributed by atoms with Crippen LogP contribution in [0, 0.1) is 0 Å². The molecule has 1 aliphatic rings. The maximum atomic E-state index is 12.0. The molecule has 110 valence electrons. The van der Waals surface area contributed by atoms with Crippen LogP contribution in [0.3, 0.4) is 0 Å². The van der Waals surface area contributed by atoms with Gasteiger partial charge in [-0.3, -0.25) is 4.79 Å². The maximum absolute atomic E-state index is 12.0. The number of hydrogen-bond donors (Lipinski definition) is 1. The van der Waals surface area contributed by atoms with Gasteiger partial charge in [-0.15, -0.1) is 0 Å². The third-order valence-electron chi connectivity index (χ3n) is 3.72. The summed E-state index contributed by atoms with van der Waals surface area (Å²) in [6.07, 6.45) is 5.01. The number of amides is 1. The van der Waals surface area contributed by atoms with Crippen molar-refractivity contribution in [1.82, 2.24) is 10.2 Å². The molecule has 0 unspecified atom stereocenters. The normalized spacial score (nSPS) is 15.8. The van der Waals surface area contributed by atoms with Crippen LogP contribution >= 0.6 is 0 Å². The molecule has 4 heteroatoms. The van der Waals surface area contributed by atoms with E-state index in [9.17, 15) is 4.79 Å². The molecular formula is C16H24N2O2. The highest BCUT2D eigenvalue weighted by Gasteiger charge is 2.10. The fraction of sp³-hybridized carbons (Fsp3) is 0.562. The second kappa shape index (κ2) is 7.90. The van der Waals surface area contributed by atoms with Crippen LogP contribution in [-0.2, 0) is 0 Å². The number of methoxy groups -OCH3 is 1. The molecule has 0 spiro atoms. The van der Waals surface area contributed by atoms with Crippen LogP contribution in [0.5, 0.6) is 5.75 Å². The summed E-state index contributed by atoms with van der Waals surface area (Å²) in [5.74, 6) is 0.688. The van der Waals surface area contributed by atoms with E-state index in [1.807, 2.05) is 18.2 Å². The molecule has 0 aliphatic carbocycles. The van der Waals surface area contributed by atoms with E-state index in [1.165, 1.54) is 32.4 Å². The quantitative estimate of drug-likeness (QED) is 0.811. The Morgan fingerprint density at radius 3 is 2.85 bits per heavy atom. The predicted octanol–water partition coefficient (Wildman–Crippen LogP) is 2.30. The zero-order valence-corrected chi connectivity index (χ0v) is 12.2. The number of carbonyl (C=O) groups is 1. The number of hydrogen-bond acceptors (Lipinski definition) is 3. The predicted molar refractivity (Wildman–Crippen MR) is 80.2 cm³/mol. The van der Waals surface area contributed by atoms with E-state index in [4.69, 9.17) is 4.74 Å². The van der Waals surface area contributed by atoms with Crippen LogP contribution < -0.4 is 10.1 Å². The van der Waals surface area contributed by atoms with Gasteiger partial charge in [0.1, 0.15) is 5.75 Å². The van der Waals surface area contributed by atoms with E-state index in [1.54, 1.807) is 13.2 Å². The van der Waals surface area contributed by atoms with Gasteiger partial charge in [-0.05, 0) is 57.1 Å². The summed E-state index contributed by atoms with van der Waals surface area (Å²) in [7, 11) is 1.61. The number of likely N-dealkylation sites (tertiary alicyclic amines) is 1. The van der Waals surface area contributed by atoms with Gasteiger partial charge in [-0.1, -0.05) is 12.5 Å². The van der Waals surface area contributed by atoms with Crippen LogP contribution in [0.15, 0.2) is 24.3 Å². The average Bonchev–Trinajstić information content (AvgIpc) is 2.52. The topological polar surface area (TPSA) is 41.6 Å². The number of rotatable bonds is 6. The van der Waals surface area contributed by atoms with Crippen molar-refractivity contribution in [3.63, 3.8) is 0 Å². The Labute approximate surface area is 121 Å². The molecule has 1 heterocycles. The van der Waals surface area contributed by atoms with Gasteiger partial charge in [-0.2, -0.15) is 0 Å². The van der Waals surface area contributed by atoms with Gasteiger partial charge in [0, 0.05) is 12.1 Å². The van der Waals surface area contributed by atoms with Gasteiger partial charge in [0.25, 0.3) is 5.91 Å². The molecular weight excluding hydrogens is 252 g/mol. The molecule has 1 aromatic carbocycles. The average molecular weight is 276 g/mol. The SMILES string of the molecule is COc1cccc(C(=O)NCCCN2CCCCC2)c1. The smallest absolute Gasteiger partial charge is 0.251 e. The minimum absolute atomic E-state index is 0.0254. The van der Waals surface area contributed by atoms with Crippen molar-refractivity contribution >= 4 is 5.91 Å². The van der Waals surface area contributed by atoms with E-state index in [2.05, 4.69) is 10.2 Å². The van der Waals surface area contributed by atoms with Gasteiger partial charge in [0.2, 0.25) is 0 Å². The lowest BCUT2D eigenvalue weighted by Gasteiger charge is -2.26. The summed E-state index contributed by atoms with van der Waals surface area (Å²) in [6, 6.07) is 7.25. The lowest BCUT2D eigenvalue weighted by atomic mass is 10.1. The van der Waals surface area contributed by atoms with Crippen LogP contribution in [0.2, 0.25) is 0 Å². The lowest BCUT2D eigenvalue weighted by molar-refractivity contribution is 0.0950. The summed E-state index contributed by atoms with van der Waals surface area (Å²) >= 11 is 0. The zero-order chi connectivity index (χ0) is 14.2. The van der Waals surface area contributed by atoms with Crippen molar-refractivity contribution in [2.24, 2.45) is 0 Å². The third-order valence-corrected chi connectivity index (χ3v) is 3.72. The van der Waals surface area contributed by atoms with Crippen molar-refractivity contribution in [1.29, 1.82) is 0 Å². The molecule has 1 aliphatic heterocycles. The first-order valence-electron chi connectivity index (χ1n) is 7.44. The minimum Gasteiger partial charge on any atom is -0.497 e. The number of ether oxygens (including phenoxy) is 1. The van der Waals surface area contributed by atoms with Crippen molar-refractivity contribution in [2.75, 3.05) is 33.3 Å². The molecule has 0 radical (unpaired) electrons. The van der Waals surface area contributed by atoms with E-state index >= 15 is 0 Å². The molecule has 1 aromatic rings. The molecule has 0 aromatic heterocycles. The molecule has 1 amide bonds. The molecule has 0 atom stereocenters. The Morgan fingerprint density at radius 2 is 2.10 bits per heavy atom. The molecule has 0 bridgehead atoms.